The average Bonchev–Trinajstić information content (AvgIpc) is 3.28. The van der Waals surface area contributed by atoms with Gasteiger partial charge in [-0.05, 0) is 46.4 Å². The number of imide groups is 1. The van der Waals surface area contributed by atoms with Crippen molar-refractivity contribution in [1.82, 2.24) is 4.90 Å². The second-order valence-corrected chi connectivity index (χ2v) is 8.87. The molecule has 1 aliphatic heterocycles. The summed E-state index contributed by atoms with van der Waals surface area (Å²) in [6.45, 7) is 0.624. The van der Waals surface area contributed by atoms with Crippen LogP contribution in [-0.4, -0.2) is 29.5 Å². The van der Waals surface area contributed by atoms with Gasteiger partial charge in [0.2, 0.25) is 5.91 Å². The zero-order chi connectivity index (χ0) is 24.7. The van der Waals surface area contributed by atoms with E-state index in [2.05, 4.69) is 0 Å². The van der Waals surface area contributed by atoms with Crippen LogP contribution in [0.2, 0.25) is 0 Å². The highest BCUT2D eigenvalue weighted by molar-refractivity contribution is 5.94. The normalized spacial score (nSPS) is 14.9. The third-order valence-corrected chi connectivity index (χ3v) is 6.22. The summed E-state index contributed by atoms with van der Waals surface area (Å²) in [7, 11) is 0. The van der Waals surface area contributed by atoms with Gasteiger partial charge in [0.15, 0.2) is 0 Å². The Morgan fingerprint density at radius 3 is 2.11 bits per heavy atom. The lowest BCUT2D eigenvalue weighted by Gasteiger charge is -2.20. The number of nitrogens with zero attached hydrogens (tertiary/aromatic N) is 1. The zero-order valence-corrected chi connectivity index (χ0v) is 19.9. The molecule has 0 radical (unpaired) electrons. The highest BCUT2D eigenvalue weighted by atomic mass is 16.6. The number of ether oxygens (including phenoxy) is 2. The minimum Gasteiger partial charge on any atom is -0.489 e. The van der Waals surface area contributed by atoms with Crippen molar-refractivity contribution in [2.24, 2.45) is 0 Å². The molecule has 1 fully saturated rings. The SMILES string of the molecule is O=C(Cc1cc(OCc2ccccc2)cc(-c2ccccc2)c1)N1C(=O)OC[C@@H]1Cc1ccccc1. The van der Waals surface area contributed by atoms with Crippen molar-refractivity contribution in [1.29, 1.82) is 0 Å². The second kappa shape index (κ2) is 10.9. The third kappa shape index (κ3) is 5.63. The first-order valence-electron chi connectivity index (χ1n) is 12.0. The highest BCUT2D eigenvalue weighted by Gasteiger charge is 2.37. The largest absolute Gasteiger partial charge is 0.489 e. The summed E-state index contributed by atoms with van der Waals surface area (Å²) in [5.41, 5.74) is 4.88. The lowest BCUT2D eigenvalue weighted by molar-refractivity contribution is -0.128. The van der Waals surface area contributed by atoms with Gasteiger partial charge in [-0.2, -0.15) is 0 Å². The van der Waals surface area contributed by atoms with Gasteiger partial charge in [0, 0.05) is 0 Å². The molecule has 0 N–H and O–H groups in total. The van der Waals surface area contributed by atoms with E-state index in [1.165, 1.54) is 4.90 Å². The summed E-state index contributed by atoms with van der Waals surface area (Å²) in [5, 5.41) is 0. The monoisotopic (exact) mass is 477 g/mol. The molecule has 1 saturated heterocycles. The van der Waals surface area contributed by atoms with Crippen LogP contribution >= 0.6 is 0 Å². The van der Waals surface area contributed by atoms with Gasteiger partial charge in [-0.1, -0.05) is 97.1 Å². The first-order valence-corrected chi connectivity index (χ1v) is 12.0. The Hall–Kier alpha value is -4.38. The molecule has 0 bridgehead atoms. The van der Waals surface area contributed by atoms with Crippen LogP contribution in [0.3, 0.4) is 0 Å². The van der Waals surface area contributed by atoms with E-state index in [1.54, 1.807) is 0 Å². The van der Waals surface area contributed by atoms with Gasteiger partial charge in [0.25, 0.3) is 0 Å². The Morgan fingerprint density at radius 1 is 0.778 bits per heavy atom. The van der Waals surface area contributed by atoms with Crippen molar-refractivity contribution >= 4 is 12.0 Å². The molecular formula is C31H27NO4. The van der Waals surface area contributed by atoms with Crippen LogP contribution < -0.4 is 4.74 Å². The fourth-order valence-electron chi connectivity index (χ4n) is 4.45. The molecule has 180 valence electrons. The maximum atomic E-state index is 13.3. The summed E-state index contributed by atoms with van der Waals surface area (Å²) in [4.78, 5) is 27.1. The lowest BCUT2D eigenvalue weighted by atomic mass is 10.00. The van der Waals surface area contributed by atoms with Gasteiger partial charge in [0.1, 0.15) is 19.0 Å². The van der Waals surface area contributed by atoms with Crippen LogP contribution in [0.5, 0.6) is 5.75 Å². The maximum Gasteiger partial charge on any atom is 0.416 e. The summed E-state index contributed by atoms with van der Waals surface area (Å²) in [5.74, 6) is 0.394. The second-order valence-electron chi connectivity index (χ2n) is 8.87. The van der Waals surface area contributed by atoms with E-state index >= 15 is 0 Å². The molecule has 4 aromatic carbocycles. The Bertz CT molecular complexity index is 1320. The van der Waals surface area contributed by atoms with Gasteiger partial charge < -0.3 is 9.47 Å². The van der Waals surface area contributed by atoms with Crippen molar-refractivity contribution < 1.29 is 19.1 Å². The topological polar surface area (TPSA) is 55.8 Å². The van der Waals surface area contributed by atoms with E-state index in [0.29, 0.717) is 18.8 Å². The molecule has 5 nitrogen and oxygen atoms in total. The molecule has 0 aliphatic carbocycles. The fourth-order valence-corrected chi connectivity index (χ4v) is 4.45. The Kier molecular flexibility index (Phi) is 7.08. The molecule has 4 aromatic rings. The number of cyclic esters (lactones) is 1. The summed E-state index contributed by atoms with van der Waals surface area (Å²) < 4.78 is 11.4. The molecule has 2 amide bonds. The van der Waals surface area contributed by atoms with Crippen molar-refractivity contribution in [3.8, 4) is 16.9 Å². The molecule has 36 heavy (non-hydrogen) atoms. The highest BCUT2D eigenvalue weighted by Crippen LogP contribution is 2.28. The number of benzene rings is 4. The van der Waals surface area contributed by atoms with E-state index in [9.17, 15) is 9.59 Å². The molecule has 0 unspecified atom stereocenters. The first kappa shape index (κ1) is 23.4. The predicted octanol–water partition coefficient (Wildman–Crippen LogP) is 6.07. The molecule has 1 atom stereocenters. The van der Waals surface area contributed by atoms with Crippen LogP contribution in [0.25, 0.3) is 11.1 Å². The van der Waals surface area contributed by atoms with Gasteiger partial charge in [-0.15, -0.1) is 0 Å². The smallest absolute Gasteiger partial charge is 0.416 e. The van der Waals surface area contributed by atoms with Gasteiger partial charge in [-0.3, -0.25) is 4.79 Å². The van der Waals surface area contributed by atoms with Crippen LogP contribution in [0, 0.1) is 0 Å². The van der Waals surface area contributed by atoms with E-state index in [0.717, 1.165) is 27.8 Å². The van der Waals surface area contributed by atoms with E-state index < -0.39 is 6.09 Å². The minimum atomic E-state index is -0.583. The molecule has 5 heteroatoms. The standard InChI is InChI=1S/C31H27NO4/c33-30(32-28(22-36-31(32)34)17-23-10-4-1-5-11-23)19-25-16-27(26-14-8-3-9-15-26)20-29(18-25)35-21-24-12-6-2-7-13-24/h1-16,18,20,28H,17,19,21-22H2/t28-/m0/s1. The summed E-state index contributed by atoms with van der Waals surface area (Å²) in [6, 6.07) is 35.3. The Balaban J connectivity index is 1.38. The molecule has 5 rings (SSSR count). The molecule has 1 aliphatic rings. The molecule has 1 heterocycles. The Labute approximate surface area is 210 Å². The third-order valence-electron chi connectivity index (χ3n) is 6.22. The van der Waals surface area contributed by atoms with Gasteiger partial charge in [0.05, 0.1) is 12.5 Å². The lowest BCUT2D eigenvalue weighted by Crippen LogP contribution is -2.41. The minimum absolute atomic E-state index is 0.0722. The number of hydrogen-bond acceptors (Lipinski definition) is 4. The quantitative estimate of drug-likeness (QED) is 0.309. The molecular weight excluding hydrogens is 450 g/mol. The fraction of sp³-hybridized carbons (Fsp3) is 0.161. The van der Waals surface area contributed by atoms with Crippen molar-refractivity contribution in [3.05, 3.63) is 126 Å². The van der Waals surface area contributed by atoms with Crippen molar-refractivity contribution in [2.75, 3.05) is 6.61 Å². The molecule has 0 spiro atoms. The van der Waals surface area contributed by atoms with Gasteiger partial charge in [-0.25, -0.2) is 9.69 Å². The van der Waals surface area contributed by atoms with E-state index in [-0.39, 0.29) is 25.0 Å². The van der Waals surface area contributed by atoms with E-state index in [1.807, 2.05) is 109 Å². The van der Waals surface area contributed by atoms with Crippen molar-refractivity contribution in [3.63, 3.8) is 0 Å². The van der Waals surface area contributed by atoms with Crippen molar-refractivity contribution in [2.45, 2.75) is 25.5 Å². The number of amides is 2. The van der Waals surface area contributed by atoms with Crippen LogP contribution in [0.4, 0.5) is 4.79 Å². The maximum absolute atomic E-state index is 13.3. The number of carbonyl (C=O) groups excluding carboxylic acids is 2. The molecule has 0 saturated carbocycles. The Morgan fingerprint density at radius 2 is 1.42 bits per heavy atom. The predicted molar refractivity (Wildman–Crippen MR) is 138 cm³/mol. The van der Waals surface area contributed by atoms with Crippen LogP contribution in [-0.2, 0) is 29.0 Å². The summed E-state index contributed by atoms with van der Waals surface area (Å²) in [6.07, 6.45) is 0.0528. The average molecular weight is 478 g/mol. The first-order chi connectivity index (χ1) is 17.7. The molecule has 0 aromatic heterocycles. The van der Waals surface area contributed by atoms with Gasteiger partial charge >= 0.3 is 6.09 Å². The van der Waals surface area contributed by atoms with E-state index in [4.69, 9.17) is 9.47 Å². The number of rotatable bonds is 8. The summed E-state index contributed by atoms with van der Waals surface area (Å²) >= 11 is 0. The van der Waals surface area contributed by atoms with Crippen LogP contribution in [0.1, 0.15) is 16.7 Å². The van der Waals surface area contributed by atoms with Crippen LogP contribution in [0.15, 0.2) is 109 Å². The number of hydrogen-bond donors (Lipinski definition) is 0. The number of carbonyl (C=O) groups is 2. The zero-order valence-electron chi connectivity index (χ0n) is 19.9.